The second-order valence-corrected chi connectivity index (χ2v) is 7.14. The van der Waals surface area contributed by atoms with Gasteiger partial charge in [0.1, 0.15) is 4.90 Å². The first-order chi connectivity index (χ1) is 11.8. The number of alkyl halides is 3. The SMILES string of the molecule is NCCc1cn(S(=O)(=O)c2ccccc2C(F)(F)F)c2cccnc12. The number of aromatic nitrogens is 2. The molecule has 0 aliphatic heterocycles. The van der Waals surface area contributed by atoms with Crippen molar-refractivity contribution in [1.29, 1.82) is 0 Å². The molecule has 0 amide bonds. The molecule has 0 bridgehead atoms. The maximum atomic E-state index is 13.2. The van der Waals surface area contributed by atoms with Crippen molar-refractivity contribution in [3.63, 3.8) is 0 Å². The summed E-state index contributed by atoms with van der Waals surface area (Å²) in [6.07, 6.45) is -1.65. The minimum atomic E-state index is -4.79. The van der Waals surface area contributed by atoms with Crippen LogP contribution in [0.3, 0.4) is 0 Å². The second-order valence-electron chi connectivity index (χ2n) is 5.36. The van der Waals surface area contributed by atoms with Gasteiger partial charge in [0, 0.05) is 12.4 Å². The van der Waals surface area contributed by atoms with Crippen molar-refractivity contribution in [2.45, 2.75) is 17.5 Å². The van der Waals surface area contributed by atoms with Crippen molar-refractivity contribution in [2.75, 3.05) is 6.54 Å². The summed E-state index contributed by atoms with van der Waals surface area (Å²) in [5, 5.41) is 0. The molecule has 0 fully saturated rings. The van der Waals surface area contributed by atoms with Crippen LogP contribution in [0.1, 0.15) is 11.1 Å². The molecule has 2 aromatic heterocycles. The fraction of sp³-hybridized carbons (Fsp3) is 0.188. The fourth-order valence-electron chi connectivity index (χ4n) is 2.66. The van der Waals surface area contributed by atoms with E-state index in [9.17, 15) is 21.6 Å². The number of fused-ring (bicyclic) bond motifs is 1. The van der Waals surface area contributed by atoms with E-state index < -0.39 is 26.7 Å². The van der Waals surface area contributed by atoms with Crippen LogP contribution < -0.4 is 5.73 Å². The van der Waals surface area contributed by atoms with Gasteiger partial charge in [-0.2, -0.15) is 13.2 Å². The lowest BCUT2D eigenvalue weighted by Crippen LogP contribution is -2.18. The first kappa shape index (κ1) is 17.4. The molecule has 2 N–H and O–H groups in total. The molecule has 0 radical (unpaired) electrons. The van der Waals surface area contributed by atoms with Gasteiger partial charge in [-0.1, -0.05) is 12.1 Å². The summed E-state index contributed by atoms with van der Waals surface area (Å²) in [7, 11) is -4.46. The van der Waals surface area contributed by atoms with E-state index in [0.29, 0.717) is 17.5 Å². The summed E-state index contributed by atoms with van der Waals surface area (Å²) in [5.41, 5.74) is 5.50. The van der Waals surface area contributed by atoms with Crippen LogP contribution in [0.4, 0.5) is 13.2 Å². The zero-order valence-corrected chi connectivity index (χ0v) is 13.7. The predicted molar refractivity (Wildman–Crippen MR) is 86.5 cm³/mol. The van der Waals surface area contributed by atoms with Crippen LogP contribution in [0.2, 0.25) is 0 Å². The topological polar surface area (TPSA) is 78.0 Å². The number of halogens is 3. The molecular weight excluding hydrogens is 355 g/mol. The van der Waals surface area contributed by atoms with E-state index in [0.717, 1.165) is 22.2 Å². The number of rotatable bonds is 4. The third-order valence-electron chi connectivity index (χ3n) is 3.74. The smallest absolute Gasteiger partial charge is 0.330 e. The fourth-order valence-corrected chi connectivity index (χ4v) is 4.26. The average Bonchev–Trinajstić information content (AvgIpc) is 2.94. The Morgan fingerprint density at radius 2 is 1.84 bits per heavy atom. The molecule has 0 saturated heterocycles. The minimum absolute atomic E-state index is 0.211. The molecule has 25 heavy (non-hydrogen) atoms. The Bertz CT molecular complexity index is 1030. The molecule has 3 rings (SSSR count). The summed E-state index contributed by atoms with van der Waals surface area (Å²) in [6, 6.07) is 7.12. The van der Waals surface area contributed by atoms with Crippen LogP contribution in [0, 0.1) is 0 Å². The molecule has 0 aliphatic rings. The molecule has 0 saturated carbocycles. The Morgan fingerprint density at radius 3 is 2.52 bits per heavy atom. The van der Waals surface area contributed by atoms with E-state index in [1.807, 2.05) is 0 Å². The van der Waals surface area contributed by atoms with E-state index in [2.05, 4.69) is 4.98 Å². The molecule has 2 heterocycles. The van der Waals surface area contributed by atoms with Crippen molar-refractivity contribution in [3.8, 4) is 0 Å². The number of nitrogens with two attached hydrogens (primary N) is 1. The van der Waals surface area contributed by atoms with Gasteiger partial charge in [0.05, 0.1) is 16.6 Å². The number of hydrogen-bond acceptors (Lipinski definition) is 4. The molecule has 132 valence electrons. The standard InChI is InChI=1S/C16H14F3N3O2S/c17-16(18,19)12-4-1-2-6-14(12)25(23,24)22-10-11(7-8-20)15-13(22)5-3-9-21-15/h1-6,9-10H,7-8,20H2. The van der Waals surface area contributed by atoms with Crippen LogP contribution in [0.5, 0.6) is 0 Å². The molecule has 1 aromatic carbocycles. The van der Waals surface area contributed by atoms with E-state index in [-0.39, 0.29) is 12.1 Å². The van der Waals surface area contributed by atoms with Gasteiger partial charge in [-0.05, 0) is 42.8 Å². The Balaban J connectivity index is 2.29. The van der Waals surface area contributed by atoms with Crippen molar-refractivity contribution < 1.29 is 21.6 Å². The maximum absolute atomic E-state index is 13.2. The summed E-state index contributed by atoms with van der Waals surface area (Å²) in [5.74, 6) is 0. The Hall–Kier alpha value is -2.39. The van der Waals surface area contributed by atoms with Gasteiger partial charge in [0.15, 0.2) is 0 Å². The number of nitrogens with zero attached hydrogens (tertiary/aromatic N) is 2. The highest BCUT2D eigenvalue weighted by Crippen LogP contribution is 2.35. The average molecular weight is 369 g/mol. The highest BCUT2D eigenvalue weighted by molar-refractivity contribution is 7.90. The van der Waals surface area contributed by atoms with Gasteiger partial charge in [-0.25, -0.2) is 12.4 Å². The Kier molecular flexibility index (Phi) is 4.29. The lowest BCUT2D eigenvalue weighted by Gasteiger charge is -2.14. The molecular formula is C16H14F3N3O2S. The zero-order chi connectivity index (χ0) is 18.2. The van der Waals surface area contributed by atoms with Crippen LogP contribution >= 0.6 is 0 Å². The highest BCUT2D eigenvalue weighted by Gasteiger charge is 2.37. The van der Waals surface area contributed by atoms with E-state index in [1.165, 1.54) is 30.6 Å². The number of hydrogen-bond donors (Lipinski definition) is 1. The van der Waals surface area contributed by atoms with Gasteiger partial charge in [-0.15, -0.1) is 0 Å². The molecule has 0 atom stereocenters. The molecule has 0 unspecified atom stereocenters. The summed E-state index contributed by atoms with van der Waals surface area (Å²) >= 11 is 0. The third-order valence-corrected chi connectivity index (χ3v) is 5.48. The van der Waals surface area contributed by atoms with Gasteiger partial charge in [0.2, 0.25) is 0 Å². The summed E-state index contributed by atoms with van der Waals surface area (Å²) < 4.78 is 66.4. The summed E-state index contributed by atoms with van der Waals surface area (Å²) in [4.78, 5) is 3.33. The number of benzene rings is 1. The molecule has 3 aromatic rings. The van der Waals surface area contributed by atoms with Crippen molar-refractivity contribution in [2.24, 2.45) is 5.73 Å². The largest absolute Gasteiger partial charge is 0.417 e. The predicted octanol–water partition coefficient (Wildman–Crippen LogP) is 2.79. The molecule has 9 heteroatoms. The van der Waals surface area contributed by atoms with E-state index in [4.69, 9.17) is 5.73 Å². The Labute approximate surface area is 142 Å². The lowest BCUT2D eigenvalue weighted by molar-refractivity contribution is -0.139. The van der Waals surface area contributed by atoms with Crippen molar-refractivity contribution >= 4 is 21.1 Å². The zero-order valence-electron chi connectivity index (χ0n) is 12.9. The van der Waals surface area contributed by atoms with Crippen LogP contribution in [0.25, 0.3) is 11.0 Å². The van der Waals surface area contributed by atoms with E-state index in [1.54, 1.807) is 0 Å². The first-order valence-electron chi connectivity index (χ1n) is 7.33. The minimum Gasteiger partial charge on any atom is -0.330 e. The normalized spacial score (nSPS) is 12.6. The van der Waals surface area contributed by atoms with Crippen LogP contribution in [-0.2, 0) is 22.6 Å². The summed E-state index contributed by atoms with van der Waals surface area (Å²) in [6.45, 7) is 0.259. The monoisotopic (exact) mass is 369 g/mol. The third kappa shape index (κ3) is 3.00. The lowest BCUT2D eigenvalue weighted by atomic mass is 10.2. The van der Waals surface area contributed by atoms with Gasteiger partial charge < -0.3 is 5.73 Å². The molecule has 0 aliphatic carbocycles. The first-order valence-corrected chi connectivity index (χ1v) is 8.77. The second kappa shape index (κ2) is 6.16. The van der Waals surface area contributed by atoms with Gasteiger partial charge in [-0.3, -0.25) is 4.98 Å². The van der Waals surface area contributed by atoms with Crippen LogP contribution in [-0.4, -0.2) is 23.9 Å². The van der Waals surface area contributed by atoms with E-state index >= 15 is 0 Å². The van der Waals surface area contributed by atoms with Gasteiger partial charge in [0.25, 0.3) is 10.0 Å². The van der Waals surface area contributed by atoms with Gasteiger partial charge >= 0.3 is 6.18 Å². The Morgan fingerprint density at radius 1 is 1.12 bits per heavy atom. The quantitative estimate of drug-likeness (QED) is 0.767. The van der Waals surface area contributed by atoms with Crippen LogP contribution in [0.15, 0.2) is 53.7 Å². The highest BCUT2D eigenvalue weighted by atomic mass is 32.2. The van der Waals surface area contributed by atoms with Crippen molar-refractivity contribution in [1.82, 2.24) is 8.96 Å². The molecule has 5 nitrogen and oxygen atoms in total. The maximum Gasteiger partial charge on any atom is 0.417 e. The molecule has 0 spiro atoms. The number of pyridine rings is 1. The van der Waals surface area contributed by atoms with Crippen molar-refractivity contribution in [3.05, 3.63) is 59.9 Å².